The summed E-state index contributed by atoms with van der Waals surface area (Å²) in [6.45, 7) is 4.95. The molecule has 1 atom stereocenters. The number of guanidine groups is 1. The third kappa shape index (κ3) is 6.45. The first-order valence-corrected chi connectivity index (χ1v) is 10.4. The quantitative estimate of drug-likeness (QED) is 0.362. The van der Waals surface area contributed by atoms with Crippen molar-refractivity contribution in [2.45, 2.75) is 38.3 Å². The van der Waals surface area contributed by atoms with Crippen LogP contribution < -0.4 is 15.4 Å². The van der Waals surface area contributed by atoms with E-state index in [1.165, 1.54) is 18.4 Å². The Morgan fingerprint density at radius 3 is 2.48 bits per heavy atom. The number of aromatic nitrogens is 3. The van der Waals surface area contributed by atoms with E-state index in [0.717, 1.165) is 57.3 Å². The van der Waals surface area contributed by atoms with Crippen LogP contribution >= 0.6 is 0 Å². The Hall–Kier alpha value is -2.61. The normalized spacial score (nSPS) is 16.0. The molecular weight excluding hydrogens is 366 g/mol. The first kappa shape index (κ1) is 21.1. The first-order chi connectivity index (χ1) is 14.3. The molecule has 1 aromatic carbocycles. The molecule has 3 rings (SSSR count). The smallest absolute Gasteiger partial charge is 0.191 e. The molecule has 0 saturated carbocycles. The maximum absolute atomic E-state index is 5.31. The zero-order chi connectivity index (χ0) is 20.3. The van der Waals surface area contributed by atoms with Gasteiger partial charge in [-0.15, -0.1) is 10.2 Å². The average Bonchev–Trinajstić information content (AvgIpc) is 3.47. The monoisotopic (exact) mass is 399 g/mol. The largest absolute Gasteiger partial charge is 0.497 e. The van der Waals surface area contributed by atoms with Crippen LogP contribution in [0.1, 0.15) is 37.3 Å². The van der Waals surface area contributed by atoms with E-state index in [1.54, 1.807) is 19.8 Å². The van der Waals surface area contributed by atoms with Gasteiger partial charge in [0.15, 0.2) is 5.96 Å². The lowest BCUT2D eigenvalue weighted by Crippen LogP contribution is -2.43. The minimum Gasteiger partial charge on any atom is -0.497 e. The highest BCUT2D eigenvalue weighted by Gasteiger charge is 2.23. The highest BCUT2D eigenvalue weighted by molar-refractivity contribution is 5.79. The van der Waals surface area contributed by atoms with Crippen LogP contribution in [0.4, 0.5) is 0 Å². The second-order valence-corrected chi connectivity index (χ2v) is 7.32. The number of aryl methyl sites for hydroxylation is 1. The van der Waals surface area contributed by atoms with Gasteiger partial charge in [-0.3, -0.25) is 9.89 Å². The van der Waals surface area contributed by atoms with Crippen LogP contribution in [0.5, 0.6) is 5.75 Å². The van der Waals surface area contributed by atoms with Gasteiger partial charge in [0.2, 0.25) is 0 Å². The van der Waals surface area contributed by atoms with Crippen LogP contribution in [0.15, 0.2) is 41.9 Å². The lowest BCUT2D eigenvalue weighted by atomic mass is 10.1. The Balaban J connectivity index is 1.47. The van der Waals surface area contributed by atoms with E-state index in [9.17, 15) is 0 Å². The van der Waals surface area contributed by atoms with E-state index in [4.69, 9.17) is 4.74 Å². The van der Waals surface area contributed by atoms with Gasteiger partial charge in [-0.2, -0.15) is 0 Å². The minimum atomic E-state index is 0.329. The number of benzene rings is 1. The average molecular weight is 400 g/mol. The number of rotatable bonds is 10. The number of nitrogens with zero attached hydrogens (tertiary/aromatic N) is 5. The van der Waals surface area contributed by atoms with Crippen LogP contribution in [0, 0.1) is 0 Å². The number of aliphatic imine (C=N–C) groups is 1. The highest BCUT2D eigenvalue weighted by Crippen LogP contribution is 2.26. The number of methoxy groups -OCH3 is 1. The molecule has 158 valence electrons. The van der Waals surface area contributed by atoms with Crippen molar-refractivity contribution in [3.8, 4) is 5.75 Å². The van der Waals surface area contributed by atoms with Crippen molar-refractivity contribution in [2.24, 2.45) is 4.99 Å². The molecule has 1 fully saturated rings. The van der Waals surface area contributed by atoms with Crippen molar-refractivity contribution in [3.05, 3.63) is 42.5 Å². The third-order valence-electron chi connectivity index (χ3n) is 5.37. The lowest BCUT2D eigenvalue weighted by molar-refractivity contribution is 0.245. The summed E-state index contributed by atoms with van der Waals surface area (Å²) in [5.74, 6) is 1.75. The van der Waals surface area contributed by atoms with Crippen LogP contribution in [0.25, 0.3) is 0 Å². The molecule has 1 aromatic heterocycles. The van der Waals surface area contributed by atoms with E-state index < -0.39 is 0 Å². The highest BCUT2D eigenvalue weighted by atomic mass is 16.5. The Morgan fingerprint density at radius 2 is 1.83 bits per heavy atom. The second kappa shape index (κ2) is 11.4. The summed E-state index contributed by atoms with van der Waals surface area (Å²) in [7, 11) is 3.53. The number of unbranched alkanes of at least 4 members (excludes halogenated alkanes) is 1. The summed E-state index contributed by atoms with van der Waals surface area (Å²) < 4.78 is 7.31. The summed E-state index contributed by atoms with van der Waals surface area (Å²) in [6, 6.07) is 8.76. The molecule has 0 bridgehead atoms. The zero-order valence-corrected chi connectivity index (χ0v) is 17.5. The van der Waals surface area contributed by atoms with Gasteiger partial charge in [0.05, 0.1) is 13.2 Å². The predicted molar refractivity (Wildman–Crippen MR) is 115 cm³/mol. The molecule has 1 unspecified atom stereocenters. The molecule has 0 aliphatic carbocycles. The van der Waals surface area contributed by atoms with E-state index in [-0.39, 0.29) is 0 Å². The maximum atomic E-state index is 5.31. The molecule has 0 amide bonds. The zero-order valence-electron chi connectivity index (χ0n) is 17.5. The van der Waals surface area contributed by atoms with Gasteiger partial charge in [0.25, 0.3) is 0 Å². The number of likely N-dealkylation sites (tertiary alicyclic amines) is 1. The summed E-state index contributed by atoms with van der Waals surface area (Å²) in [5.41, 5.74) is 1.31. The van der Waals surface area contributed by atoms with Crippen LogP contribution in [-0.2, 0) is 6.54 Å². The number of nitrogens with one attached hydrogen (secondary N) is 2. The van der Waals surface area contributed by atoms with Gasteiger partial charge in [-0.25, -0.2) is 0 Å². The molecule has 0 radical (unpaired) electrons. The van der Waals surface area contributed by atoms with Gasteiger partial charge in [-0.1, -0.05) is 12.1 Å². The summed E-state index contributed by atoms with van der Waals surface area (Å²) in [4.78, 5) is 6.94. The number of hydrogen-bond donors (Lipinski definition) is 2. The van der Waals surface area contributed by atoms with Crippen molar-refractivity contribution < 1.29 is 4.74 Å². The van der Waals surface area contributed by atoms with Gasteiger partial charge in [-0.05, 0) is 56.5 Å². The molecule has 2 aromatic rings. The van der Waals surface area contributed by atoms with Crippen LogP contribution in [0.3, 0.4) is 0 Å². The Labute approximate surface area is 173 Å². The summed E-state index contributed by atoms with van der Waals surface area (Å²) in [5, 5.41) is 14.6. The molecule has 2 heterocycles. The standard InChI is InChI=1S/C21H33N7O/c1-22-21(23-11-3-4-12-27-16-25-26-17-27)24-15-20(28-13-5-6-14-28)18-7-9-19(29-2)10-8-18/h7-10,16-17,20H,3-6,11-15H2,1-2H3,(H2,22,23,24). The van der Waals surface area contributed by atoms with Crippen LogP contribution in [-0.4, -0.2) is 66.0 Å². The molecule has 1 aliphatic heterocycles. The Bertz CT molecular complexity index is 724. The van der Waals surface area contributed by atoms with E-state index in [1.807, 2.05) is 23.7 Å². The van der Waals surface area contributed by atoms with Crippen molar-refractivity contribution in [2.75, 3.05) is 40.3 Å². The molecule has 2 N–H and O–H groups in total. The summed E-state index contributed by atoms with van der Waals surface area (Å²) in [6.07, 6.45) is 8.19. The fourth-order valence-corrected chi connectivity index (χ4v) is 3.71. The number of hydrogen-bond acceptors (Lipinski definition) is 5. The minimum absolute atomic E-state index is 0.329. The molecule has 1 aliphatic rings. The molecule has 8 nitrogen and oxygen atoms in total. The first-order valence-electron chi connectivity index (χ1n) is 10.4. The van der Waals surface area contributed by atoms with Gasteiger partial charge in [0, 0.05) is 26.7 Å². The van der Waals surface area contributed by atoms with E-state index >= 15 is 0 Å². The molecule has 1 saturated heterocycles. The maximum Gasteiger partial charge on any atom is 0.191 e. The van der Waals surface area contributed by atoms with Gasteiger partial charge >= 0.3 is 0 Å². The molecule has 8 heteroatoms. The van der Waals surface area contributed by atoms with Gasteiger partial charge in [0.1, 0.15) is 18.4 Å². The van der Waals surface area contributed by atoms with Gasteiger partial charge < -0.3 is 19.9 Å². The lowest BCUT2D eigenvalue weighted by Gasteiger charge is -2.29. The van der Waals surface area contributed by atoms with Crippen molar-refractivity contribution >= 4 is 5.96 Å². The number of ether oxygens (including phenoxy) is 1. The fraction of sp³-hybridized carbons (Fsp3) is 0.571. The molecular formula is C21H33N7O. The van der Waals surface area contributed by atoms with Crippen molar-refractivity contribution in [1.82, 2.24) is 30.3 Å². The Kier molecular flexibility index (Phi) is 8.30. The molecule has 29 heavy (non-hydrogen) atoms. The SMILES string of the molecule is CN=C(NCCCCn1cnnc1)NCC(c1ccc(OC)cc1)N1CCCC1. The Morgan fingerprint density at radius 1 is 1.10 bits per heavy atom. The van der Waals surface area contributed by atoms with Crippen LogP contribution in [0.2, 0.25) is 0 Å². The van der Waals surface area contributed by atoms with E-state index in [0.29, 0.717) is 6.04 Å². The second-order valence-electron chi connectivity index (χ2n) is 7.32. The predicted octanol–water partition coefficient (Wildman–Crippen LogP) is 2.07. The van der Waals surface area contributed by atoms with Crippen molar-refractivity contribution in [3.63, 3.8) is 0 Å². The topological polar surface area (TPSA) is 79.6 Å². The van der Waals surface area contributed by atoms with Crippen molar-refractivity contribution in [1.29, 1.82) is 0 Å². The van der Waals surface area contributed by atoms with E-state index in [2.05, 4.69) is 42.9 Å². The fourth-order valence-electron chi connectivity index (χ4n) is 3.71. The summed E-state index contributed by atoms with van der Waals surface area (Å²) >= 11 is 0. The molecule has 0 spiro atoms. The third-order valence-corrected chi connectivity index (χ3v) is 5.37.